The molecule has 42 heavy (non-hydrogen) atoms. The largest absolute Gasteiger partial charge is 0.455 e. The number of esters is 3. The lowest BCUT2D eigenvalue weighted by Crippen LogP contribution is -2.83. The lowest BCUT2D eigenvalue weighted by atomic mass is 9.42. The van der Waals surface area contributed by atoms with Gasteiger partial charge >= 0.3 is 17.9 Å². The Balaban J connectivity index is 1.82. The van der Waals surface area contributed by atoms with E-state index >= 15 is 0 Å². The lowest BCUT2D eigenvalue weighted by molar-refractivity contribution is -0.355. The number of Topliss-reactive ketones (excluding diaryl/α,β-unsaturated/α-hetero) is 1. The molecular weight excluding hydrogens is 548 g/mol. The summed E-state index contributed by atoms with van der Waals surface area (Å²) in [7, 11) is 0. The number of ketones is 1. The van der Waals surface area contributed by atoms with Crippen molar-refractivity contribution >= 4 is 23.7 Å². The summed E-state index contributed by atoms with van der Waals surface area (Å²) in [5.74, 6) is -5.85. The van der Waals surface area contributed by atoms with Crippen LogP contribution in [0.3, 0.4) is 0 Å². The molecule has 11 atom stereocenters. The van der Waals surface area contributed by atoms with Gasteiger partial charge in [-0.3, -0.25) is 14.4 Å². The number of aliphatic hydroxyl groups excluding tert-OH is 2. The van der Waals surface area contributed by atoms with E-state index in [0.29, 0.717) is 0 Å². The predicted octanol–water partition coefficient (Wildman–Crippen LogP) is 1.59. The normalized spacial score (nSPS) is 43.8. The molecule has 3 N–H and O–H groups in total. The van der Waals surface area contributed by atoms with Crippen LogP contribution in [0.25, 0.3) is 0 Å². The first kappa shape index (κ1) is 30.6. The van der Waals surface area contributed by atoms with Crippen LogP contribution in [-0.4, -0.2) is 87.3 Å². The standard InChI is InChI=1S/C31H40O11/c1-15-19(34)13-31(38)26(41-27(37)18-10-8-7-9-11-18)24-29(6,20(35)12-21-30(24,14-39-21)42-17(3)33)25(36)23(40-16(2)32)22(15)28(31,4)5/h7-11,15,19-24,26,34-35,38H,12-14H2,1-6H3/t15?,19?,20-,21+,22?,23+,24+,26+,29+,30?,31+/m0/s1. The van der Waals surface area contributed by atoms with Gasteiger partial charge in [0.1, 0.15) is 17.8 Å². The fraction of sp³-hybridized carbons (Fsp3) is 0.677. The van der Waals surface area contributed by atoms with Crippen molar-refractivity contribution < 1.29 is 53.4 Å². The number of ether oxygens (including phenoxy) is 4. The van der Waals surface area contributed by atoms with Gasteiger partial charge in [-0.25, -0.2) is 4.79 Å². The van der Waals surface area contributed by atoms with Crippen LogP contribution >= 0.6 is 0 Å². The third-order valence-corrected chi connectivity index (χ3v) is 10.8. The monoisotopic (exact) mass is 588 g/mol. The van der Waals surface area contributed by atoms with Crippen molar-refractivity contribution in [3.63, 3.8) is 0 Å². The Kier molecular flexibility index (Phi) is 7.36. The van der Waals surface area contributed by atoms with Crippen molar-refractivity contribution in [1.82, 2.24) is 0 Å². The van der Waals surface area contributed by atoms with Crippen LogP contribution < -0.4 is 0 Å². The number of carbonyl (C=O) groups is 4. The Morgan fingerprint density at radius 3 is 2.19 bits per heavy atom. The van der Waals surface area contributed by atoms with Gasteiger partial charge in [-0.2, -0.15) is 0 Å². The van der Waals surface area contributed by atoms with Gasteiger partial charge in [-0.15, -0.1) is 0 Å². The number of rotatable bonds is 4. The minimum atomic E-state index is -2.05. The van der Waals surface area contributed by atoms with Crippen LogP contribution in [0.4, 0.5) is 0 Å². The van der Waals surface area contributed by atoms with Crippen molar-refractivity contribution in [3.05, 3.63) is 35.9 Å². The molecular formula is C31H40O11. The predicted molar refractivity (Wildman–Crippen MR) is 145 cm³/mol. The molecule has 230 valence electrons. The highest BCUT2D eigenvalue weighted by molar-refractivity contribution is 5.93. The molecule has 0 spiro atoms. The van der Waals surface area contributed by atoms with E-state index < -0.39 is 94.0 Å². The van der Waals surface area contributed by atoms with Crippen molar-refractivity contribution in [2.45, 2.75) is 96.1 Å². The van der Waals surface area contributed by atoms with Gasteiger partial charge in [0.2, 0.25) is 0 Å². The zero-order valence-corrected chi connectivity index (χ0v) is 24.7. The van der Waals surface area contributed by atoms with E-state index in [2.05, 4.69) is 0 Å². The summed E-state index contributed by atoms with van der Waals surface area (Å²) in [6.45, 7) is 8.72. The zero-order valence-electron chi connectivity index (χ0n) is 24.7. The lowest BCUT2D eigenvalue weighted by Gasteiger charge is -2.68. The molecule has 0 radical (unpaired) electrons. The molecule has 11 heteroatoms. The maximum Gasteiger partial charge on any atom is 0.338 e. The average Bonchev–Trinajstić information content (AvgIpc) is 2.90. The zero-order chi connectivity index (χ0) is 31.0. The third-order valence-electron chi connectivity index (χ3n) is 10.8. The molecule has 11 nitrogen and oxygen atoms in total. The van der Waals surface area contributed by atoms with Crippen LogP contribution in [0.15, 0.2) is 30.3 Å². The summed E-state index contributed by atoms with van der Waals surface area (Å²) in [4.78, 5) is 53.5. The molecule has 2 bridgehead atoms. The molecule has 0 amide bonds. The molecule has 1 saturated heterocycles. The quantitative estimate of drug-likeness (QED) is 0.345. The second-order valence-corrected chi connectivity index (χ2v) is 13.2. The Morgan fingerprint density at radius 2 is 1.64 bits per heavy atom. The molecule has 4 unspecified atom stereocenters. The average molecular weight is 589 g/mol. The second-order valence-electron chi connectivity index (χ2n) is 13.2. The van der Waals surface area contributed by atoms with Gasteiger partial charge < -0.3 is 34.3 Å². The Bertz CT molecular complexity index is 1280. The van der Waals surface area contributed by atoms with E-state index in [1.165, 1.54) is 26.0 Å². The minimum absolute atomic E-state index is 0.0944. The maximum absolute atomic E-state index is 14.8. The number of hydrogen-bond acceptors (Lipinski definition) is 11. The molecule has 1 aromatic rings. The minimum Gasteiger partial charge on any atom is -0.455 e. The molecule has 0 aromatic heterocycles. The van der Waals surface area contributed by atoms with Crippen LogP contribution in [0.2, 0.25) is 0 Å². The van der Waals surface area contributed by atoms with E-state index in [9.17, 15) is 34.5 Å². The van der Waals surface area contributed by atoms with E-state index in [4.69, 9.17) is 18.9 Å². The van der Waals surface area contributed by atoms with Crippen molar-refractivity contribution in [1.29, 1.82) is 0 Å². The van der Waals surface area contributed by atoms with Crippen molar-refractivity contribution in [2.75, 3.05) is 6.61 Å². The first-order valence-corrected chi connectivity index (χ1v) is 14.4. The molecule has 4 fully saturated rings. The summed E-state index contributed by atoms with van der Waals surface area (Å²) in [6, 6.07) is 8.09. The first-order valence-electron chi connectivity index (χ1n) is 14.4. The molecule has 1 aromatic carbocycles. The number of carbonyl (C=O) groups excluding carboxylic acids is 4. The van der Waals surface area contributed by atoms with Gasteiger partial charge in [0.15, 0.2) is 17.5 Å². The van der Waals surface area contributed by atoms with Crippen LogP contribution in [-0.2, 0) is 33.3 Å². The van der Waals surface area contributed by atoms with Gasteiger partial charge in [-0.1, -0.05) is 39.0 Å². The number of hydrogen-bond donors (Lipinski definition) is 3. The van der Waals surface area contributed by atoms with Crippen LogP contribution in [0.1, 0.15) is 64.7 Å². The van der Waals surface area contributed by atoms with E-state index in [1.54, 1.807) is 39.0 Å². The van der Waals surface area contributed by atoms with Gasteiger partial charge in [0, 0.05) is 38.0 Å². The fourth-order valence-corrected chi connectivity index (χ4v) is 8.46. The number of fused-ring (bicyclic) bond motifs is 5. The fourth-order valence-electron chi connectivity index (χ4n) is 8.46. The highest BCUT2D eigenvalue weighted by Gasteiger charge is 2.79. The summed E-state index contributed by atoms with van der Waals surface area (Å²) >= 11 is 0. The second kappa shape index (κ2) is 10.1. The number of aliphatic hydroxyl groups is 3. The summed E-state index contributed by atoms with van der Waals surface area (Å²) in [6.07, 6.45) is -6.88. The molecule has 1 heterocycles. The summed E-state index contributed by atoms with van der Waals surface area (Å²) in [5, 5.41) is 35.9. The van der Waals surface area contributed by atoms with E-state index in [1.807, 2.05) is 0 Å². The maximum atomic E-state index is 14.8. The Labute approximate surface area is 244 Å². The smallest absolute Gasteiger partial charge is 0.338 e. The number of benzene rings is 1. The molecule has 3 aliphatic carbocycles. The van der Waals surface area contributed by atoms with Crippen LogP contribution in [0, 0.1) is 28.6 Å². The Hall–Kier alpha value is -2.86. The third kappa shape index (κ3) is 4.15. The van der Waals surface area contributed by atoms with Gasteiger partial charge in [-0.05, 0) is 25.0 Å². The topological polar surface area (TPSA) is 166 Å². The molecule has 3 saturated carbocycles. The van der Waals surface area contributed by atoms with Gasteiger partial charge in [0.25, 0.3) is 0 Å². The SMILES string of the molecule is CC(=O)O[C@H]1C(=O)[C@]2(C)[C@@H](O)C[C@H]3OCC3(OC(C)=O)[C@@H]2[C@@H](OC(=O)c2ccccc2)[C@]2(O)CC(O)C(C)C1C2(C)C. The first-order chi connectivity index (χ1) is 19.5. The van der Waals surface area contributed by atoms with Gasteiger partial charge in [0.05, 0.1) is 35.7 Å². The molecule has 1 aliphatic heterocycles. The van der Waals surface area contributed by atoms with E-state index in [-0.39, 0.29) is 25.0 Å². The highest BCUT2D eigenvalue weighted by Crippen LogP contribution is 2.65. The summed E-state index contributed by atoms with van der Waals surface area (Å²) in [5.41, 5.74) is -6.62. The molecule has 4 aliphatic rings. The Morgan fingerprint density at radius 1 is 1.00 bits per heavy atom. The van der Waals surface area contributed by atoms with E-state index in [0.717, 1.165) is 6.92 Å². The van der Waals surface area contributed by atoms with Crippen LogP contribution in [0.5, 0.6) is 0 Å². The molecule has 5 rings (SSSR count). The van der Waals surface area contributed by atoms with Crippen molar-refractivity contribution in [2.24, 2.45) is 28.6 Å². The highest BCUT2D eigenvalue weighted by atomic mass is 16.6. The summed E-state index contributed by atoms with van der Waals surface area (Å²) < 4.78 is 23.6. The van der Waals surface area contributed by atoms with Crippen molar-refractivity contribution in [3.8, 4) is 0 Å².